The summed E-state index contributed by atoms with van der Waals surface area (Å²) in [6, 6.07) is 28.9. The fraction of sp³-hybridized carbons (Fsp3) is 0.395. The number of carbonyl (C=O) groups is 3. The van der Waals surface area contributed by atoms with Crippen molar-refractivity contribution in [2.24, 2.45) is 0 Å². The number of allylic oxidation sites excluding steroid dienone is 1. The number of alkyl carbamates (subject to hydrolysis) is 1. The van der Waals surface area contributed by atoms with Crippen LogP contribution in [0.25, 0.3) is 0 Å². The third-order valence-corrected chi connectivity index (χ3v) is 12.6. The minimum atomic E-state index is -2.86. The van der Waals surface area contributed by atoms with Crippen LogP contribution in [0.1, 0.15) is 73.3 Å². The molecular formula is C38H49NO6Si. The molecule has 0 spiro atoms. The van der Waals surface area contributed by atoms with Crippen LogP contribution in [0.4, 0.5) is 4.79 Å². The summed E-state index contributed by atoms with van der Waals surface area (Å²) in [7, 11) is -2.86. The van der Waals surface area contributed by atoms with Crippen molar-refractivity contribution in [1.29, 1.82) is 0 Å². The lowest BCUT2D eigenvalue weighted by Crippen LogP contribution is -2.68. The Labute approximate surface area is 275 Å². The number of amides is 1. The Morgan fingerprint density at radius 3 is 1.80 bits per heavy atom. The van der Waals surface area contributed by atoms with Gasteiger partial charge in [0.05, 0.1) is 0 Å². The normalized spacial score (nSPS) is 13.5. The lowest BCUT2D eigenvalue weighted by atomic mass is 10.1. The van der Waals surface area contributed by atoms with Gasteiger partial charge in [0.25, 0.3) is 8.32 Å². The predicted octanol–water partition coefficient (Wildman–Crippen LogP) is 6.88. The number of esters is 1. The van der Waals surface area contributed by atoms with Crippen molar-refractivity contribution in [3.05, 3.63) is 109 Å². The molecule has 8 heteroatoms. The molecule has 3 rings (SSSR count). The van der Waals surface area contributed by atoms with Crippen molar-refractivity contribution >= 4 is 36.5 Å². The number of benzene rings is 3. The summed E-state index contributed by atoms with van der Waals surface area (Å²) in [6.07, 6.45) is 3.24. The standard InChI is InChI=1S/C38H49NO6Si/c1-29(45-46(38(5,6)7,31-22-14-9-15-23-31)32-24-16-10-17-25-32)34(40)27-19-11-18-26-33(39-36(42)44-37(2,3)4)35(41)43-28-30-20-12-8-13-21-30/h8-18,20-25,29,33H,19,26-28H2,1-7H3,(H,39,42)/b18-11+/t29-,33+/m1/s1. The van der Waals surface area contributed by atoms with Crippen LogP contribution in [0.15, 0.2) is 103 Å². The van der Waals surface area contributed by atoms with E-state index in [1.165, 1.54) is 0 Å². The summed E-state index contributed by atoms with van der Waals surface area (Å²) >= 11 is 0. The van der Waals surface area contributed by atoms with Crippen LogP contribution >= 0.6 is 0 Å². The van der Waals surface area contributed by atoms with E-state index in [1.807, 2.05) is 79.7 Å². The van der Waals surface area contributed by atoms with E-state index in [4.69, 9.17) is 13.9 Å². The van der Waals surface area contributed by atoms with Gasteiger partial charge in [-0.1, -0.05) is 124 Å². The Bertz CT molecular complexity index is 1390. The van der Waals surface area contributed by atoms with E-state index in [-0.39, 0.29) is 30.3 Å². The van der Waals surface area contributed by atoms with Crippen molar-refractivity contribution in [3.8, 4) is 0 Å². The van der Waals surface area contributed by atoms with Gasteiger partial charge in [0.1, 0.15) is 24.4 Å². The van der Waals surface area contributed by atoms with E-state index in [0.29, 0.717) is 6.42 Å². The summed E-state index contributed by atoms with van der Waals surface area (Å²) < 4.78 is 17.8. The van der Waals surface area contributed by atoms with Gasteiger partial charge in [-0.3, -0.25) is 4.79 Å². The molecule has 0 saturated carbocycles. The maximum Gasteiger partial charge on any atom is 0.408 e. The highest BCUT2D eigenvalue weighted by Gasteiger charge is 2.51. The number of ether oxygens (including phenoxy) is 2. The first kappa shape index (κ1) is 36.5. The highest BCUT2D eigenvalue weighted by molar-refractivity contribution is 6.99. The van der Waals surface area contributed by atoms with Gasteiger partial charge in [0, 0.05) is 6.42 Å². The molecule has 1 amide bonds. The Morgan fingerprint density at radius 1 is 0.783 bits per heavy atom. The molecule has 46 heavy (non-hydrogen) atoms. The first-order valence-electron chi connectivity index (χ1n) is 15.9. The molecule has 0 aromatic heterocycles. The minimum absolute atomic E-state index is 0.00309. The second-order valence-electron chi connectivity index (χ2n) is 13.4. The monoisotopic (exact) mass is 643 g/mol. The highest BCUT2D eigenvalue weighted by Crippen LogP contribution is 2.37. The number of Topliss-reactive ketones (excluding diaryl/α,β-unsaturated/α-hetero) is 1. The maximum atomic E-state index is 13.4. The van der Waals surface area contributed by atoms with Gasteiger partial charge < -0.3 is 19.2 Å². The van der Waals surface area contributed by atoms with Gasteiger partial charge >= 0.3 is 12.1 Å². The third kappa shape index (κ3) is 10.5. The number of ketones is 1. The van der Waals surface area contributed by atoms with Crippen LogP contribution in [-0.4, -0.2) is 43.9 Å². The lowest BCUT2D eigenvalue weighted by Gasteiger charge is -2.44. The largest absolute Gasteiger partial charge is 0.459 e. The molecule has 0 unspecified atom stereocenters. The van der Waals surface area contributed by atoms with Crippen molar-refractivity contribution in [1.82, 2.24) is 5.32 Å². The Hall–Kier alpha value is -4.01. The van der Waals surface area contributed by atoms with Crippen LogP contribution in [-0.2, 0) is 30.1 Å². The van der Waals surface area contributed by atoms with Gasteiger partial charge in [-0.25, -0.2) is 9.59 Å². The number of carbonyl (C=O) groups excluding carboxylic acids is 3. The zero-order valence-electron chi connectivity index (χ0n) is 28.2. The highest BCUT2D eigenvalue weighted by atomic mass is 28.4. The van der Waals surface area contributed by atoms with Crippen molar-refractivity contribution in [3.63, 3.8) is 0 Å². The molecule has 0 aliphatic heterocycles. The topological polar surface area (TPSA) is 90.9 Å². The van der Waals surface area contributed by atoms with Crippen LogP contribution in [0.2, 0.25) is 5.04 Å². The van der Waals surface area contributed by atoms with E-state index < -0.39 is 38.1 Å². The lowest BCUT2D eigenvalue weighted by molar-refractivity contribution is -0.147. The van der Waals surface area contributed by atoms with Crippen molar-refractivity contribution < 1.29 is 28.3 Å². The van der Waals surface area contributed by atoms with E-state index in [1.54, 1.807) is 26.8 Å². The third-order valence-electron chi connectivity index (χ3n) is 7.52. The zero-order chi connectivity index (χ0) is 33.8. The van der Waals surface area contributed by atoms with Gasteiger partial charge in [0.2, 0.25) is 0 Å². The fourth-order valence-corrected chi connectivity index (χ4v) is 9.97. The number of nitrogens with one attached hydrogen (secondary N) is 1. The molecule has 0 heterocycles. The Morgan fingerprint density at radius 2 is 1.30 bits per heavy atom. The van der Waals surface area contributed by atoms with Crippen LogP contribution in [0.5, 0.6) is 0 Å². The molecule has 0 fully saturated rings. The van der Waals surface area contributed by atoms with Gasteiger partial charge in [-0.2, -0.15) is 0 Å². The summed E-state index contributed by atoms with van der Waals surface area (Å²) in [5.41, 5.74) is 0.127. The molecule has 2 atom stereocenters. The molecule has 1 N–H and O–H groups in total. The SMILES string of the molecule is C[C@@H](O[Si](c1ccccc1)(c1ccccc1)C(C)(C)C)C(=O)CC/C=C/C[C@H](NC(=O)OC(C)(C)C)C(=O)OCc1ccccc1. The second kappa shape index (κ2) is 16.5. The molecule has 3 aromatic rings. The fourth-order valence-electron chi connectivity index (χ4n) is 5.29. The molecule has 0 aliphatic rings. The van der Waals surface area contributed by atoms with Gasteiger partial charge in [-0.05, 0) is 61.5 Å². The van der Waals surface area contributed by atoms with E-state index in [0.717, 1.165) is 15.9 Å². The average molecular weight is 644 g/mol. The Kier molecular flexibility index (Phi) is 13.1. The first-order chi connectivity index (χ1) is 21.7. The number of rotatable bonds is 14. The van der Waals surface area contributed by atoms with E-state index in [9.17, 15) is 14.4 Å². The minimum Gasteiger partial charge on any atom is -0.459 e. The predicted molar refractivity (Wildman–Crippen MR) is 186 cm³/mol. The first-order valence-corrected chi connectivity index (χ1v) is 17.8. The molecule has 246 valence electrons. The van der Waals surface area contributed by atoms with Crippen molar-refractivity contribution in [2.45, 2.75) is 97.1 Å². The molecule has 0 aliphatic carbocycles. The van der Waals surface area contributed by atoms with Gasteiger partial charge in [-0.15, -0.1) is 0 Å². The molecule has 3 aromatic carbocycles. The maximum absolute atomic E-state index is 13.4. The molecular weight excluding hydrogens is 595 g/mol. The summed E-state index contributed by atoms with van der Waals surface area (Å²) in [5, 5.41) is 4.63. The molecule has 0 saturated heterocycles. The quantitative estimate of drug-likeness (QED) is 0.117. The Balaban J connectivity index is 1.67. The zero-order valence-corrected chi connectivity index (χ0v) is 29.2. The summed E-state index contributed by atoms with van der Waals surface area (Å²) in [5.74, 6) is -0.564. The van der Waals surface area contributed by atoms with E-state index in [2.05, 4.69) is 50.4 Å². The second-order valence-corrected chi connectivity index (χ2v) is 17.7. The van der Waals surface area contributed by atoms with Crippen LogP contribution in [0, 0.1) is 0 Å². The summed E-state index contributed by atoms with van der Waals surface area (Å²) in [4.78, 5) is 38.8. The molecule has 7 nitrogen and oxygen atoms in total. The number of hydrogen-bond donors (Lipinski definition) is 1. The molecule has 0 bridgehead atoms. The van der Waals surface area contributed by atoms with Crippen LogP contribution in [0.3, 0.4) is 0 Å². The molecule has 0 radical (unpaired) electrons. The average Bonchev–Trinajstić information content (AvgIpc) is 3.01. The van der Waals surface area contributed by atoms with Crippen LogP contribution < -0.4 is 15.7 Å². The number of hydrogen-bond acceptors (Lipinski definition) is 6. The van der Waals surface area contributed by atoms with E-state index >= 15 is 0 Å². The summed E-state index contributed by atoms with van der Waals surface area (Å²) in [6.45, 7) is 13.8. The smallest absolute Gasteiger partial charge is 0.408 e. The van der Waals surface area contributed by atoms with Crippen molar-refractivity contribution in [2.75, 3.05) is 0 Å². The van der Waals surface area contributed by atoms with Gasteiger partial charge in [0.15, 0.2) is 5.78 Å².